The monoisotopic (exact) mass is 398 g/mol. The number of carbonyl (C=O) groups is 3. The fourth-order valence-corrected chi connectivity index (χ4v) is 4.35. The molecule has 3 amide bonds. The Morgan fingerprint density at radius 2 is 1.68 bits per heavy atom. The average Bonchev–Trinajstić information content (AvgIpc) is 3.31. The second-order valence-corrected chi connectivity index (χ2v) is 7.97. The molecule has 0 N–H and O–H groups in total. The molecule has 146 valence electrons. The van der Waals surface area contributed by atoms with E-state index in [0.29, 0.717) is 13.1 Å². The molecule has 28 heavy (non-hydrogen) atoms. The number of likely N-dealkylation sites (tertiary alicyclic amines) is 1. The highest BCUT2D eigenvalue weighted by Gasteiger charge is 2.32. The van der Waals surface area contributed by atoms with Gasteiger partial charge in [-0.2, -0.15) is 0 Å². The Hall–Kier alpha value is -2.58. The minimum Gasteiger partial charge on any atom is -0.339 e. The van der Waals surface area contributed by atoms with Gasteiger partial charge in [0.1, 0.15) is 11.6 Å². The third-order valence-corrected chi connectivity index (χ3v) is 5.99. The zero-order chi connectivity index (χ0) is 19.5. The van der Waals surface area contributed by atoms with Crippen LogP contribution >= 0.6 is 11.3 Å². The van der Waals surface area contributed by atoms with Gasteiger partial charge in [0.25, 0.3) is 0 Å². The van der Waals surface area contributed by atoms with Crippen molar-refractivity contribution in [2.24, 2.45) is 0 Å². The van der Waals surface area contributed by atoms with Gasteiger partial charge in [-0.1, -0.05) is 30.3 Å². The molecule has 2 aliphatic rings. The van der Waals surface area contributed by atoms with Gasteiger partial charge in [-0.05, 0) is 0 Å². The summed E-state index contributed by atoms with van der Waals surface area (Å²) in [6, 6.07) is 10.1. The van der Waals surface area contributed by atoms with E-state index in [1.165, 1.54) is 0 Å². The summed E-state index contributed by atoms with van der Waals surface area (Å²) in [5.74, 6) is -0.631. The van der Waals surface area contributed by atoms with Crippen LogP contribution in [0.1, 0.15) is 17.8 Å². The highest BCUT2D eigenvalue weighted by Crippen LogP contribution is 2.22. The molecule has 4 rings (SSSR count). The number of thiazole rings is 1. The summed E-state index contributed by atoms with van der Waals surface area (Å²) in [4.78, 5) is 45.6. The molecule has 2 saturated heterocycles. The molecule has 3 heterocycles. The van der Waals surface area contributed by atoms with Gasteiger partial charge in [0.2, 0.25) is 17.7 Å². The molecule has 2 aromatic rings. The van der Waals surface area contributed by atoms with Gasteiger partial charge in [-0.25, -0.2) is 4.98 Å². The lowest BCUT2D eigenvalue weighted by Gasteiger charge is -2.34. The van der Waals surface area contributed by atoms with E-state index in [9.17, 15) is 14.4 Å². The molecule has 0 radical (unpaired) electrons. The SMILES string of the molecule is O=C(CN1C(=O)CCC1=O)N1CCN(Cc2nc(-c3ccccc3)cs2)CC1. The smallest absolute Gasteiger partial charge is 0.242 e. The van der Waals surface area contributed by atoms with Crippen molar-refractivity contribution in [3.05, 3.63) is 40.7 Å². The first kappa shape index (κ1) is 18.8. The molecule has 0 bridgehead atoms. The average molecular weight is 398 g/mol. The number of amides is 3. The van der Waals surface area contributed by atoms with Gasteiger partial charge in [-0.3, -0.25) is 24.2 Å². The lowest BCUT2D eigenvalue weighted by molar-refractivity contribution is -0.146. The molecule has 7 nitrogen and oxygen atoms in total. The normalized spacial score (nSPS) is 18.1. The van der Waals surface area contributed by atoms with E-state index in [-0.39, 0.29) is 37.1 Å². The maximum Gasteiger partial charge on any atom is 0.242 e. The predicted octanol–water partition coefficient (Wildman–Crippen LogP) is 1.60. The molecule has 1 aromatic carbocycles. The van der Waals surface area contributed by atoms with Crippen LogP contribution in [0.3, 0.4) is 0 Å². The summed E-state index contributed by atoms with van der Waals surface area (Å²) in [5, 5.41) is 3.14. The van der Waals surface area contributed by atoms with Crippen LogP contribution < -0.4 is 0 Å². The number of nitrogens with zero attached hydrogens (tertiary/aromatic N) is 4. The molecular weight excluding hydrogens is 376 g/mol. The van der Waals surface area contributed by atoms with Crippen LogP contribution in [0.5, 0.6) is 0 Å². The van der Waals surface area contributed by atoms with E-state index in [1.807, 2.05) is 18.2 Å². The third-order valence-electron chi connectivity index (χ3n) is 5.15. The molecule has 2 aliphatic heterocycles. The van der Waals surface area contributed by atoms with Crippen molar-refractivity contribution in [3.63, 3.8) is 0 Å². The van der Waals surface area contributed by atoms with E-state index in [2.05, 4.69) is 22.4 Å². The first-order valence-electron chi connectivity index (χ1n) is 9.43. The van der Waals surface area contributed by atoms with Crippen LogP contribution in [0.4, 0.5) is 0 Å². The highest BCUT2D eigenvalue weighted by molar-refractivity contribution is 7.09. The topological polar surface area (TPSA) is 73.8 Å². The molecular formula is C20H22N4O3S. The largest absolute Gasteiger partial charge is 0.339 e. The van der Waals surface area contributed by atoms with Crippen LogP contribution in [-0.2, 0) is 20.9 Å². The van der Waals surface area contributed by atoms with Gasteiger partial charge in [-0.15, -0.1) is 11.3 Å². The van der Waals surface area contributed by atoms with Crippen LogP contribution in [0.2, 0.25) is 0 Å². The van der Waals surface area contributed by atoms with Crippen LogP contribution in [-0.4, -0.2) is 70.1 Å². The molecule has 0 unspecified atom stereocenters. The second kappa shape index (κ2) is 8.20. The standard InChI is InChI=1S/C20H22N4O3S/c25-18-6-7-19(26)24(18)13-20(27)23-10-8-22(9-11-23)12-17-21-16(14-28-17)15-4-2-1-3-5-15/h1-5,14H,6-13H2. The molecule has 0 spiro atoms. The van der Waals surface area contributed by atoms with Crippen molar-refractivity contribution >= 4 is 29.1 Å². The lowest BCUT2D eigenvalue weighted by Crippen LogP contribution is -2.51. The van der Waals surface area contributed by atoms with Crippen molar-refractivity contribution in [1.82, 2.24) is 19.7 Å². The number of carbonyl (C=O) groups excluding carboxylic acids is 3. The summed E-state index contributed by atoms with van der Waals surface area (Å²) < 4.78 is 0. The molecule has 0 atom stereocenters. The fraction of sp³-hybridized carbons (Fsp3) is 0.400. The number of rotatable bonds is 5. The number of benzene rings is 1. The Balaban J connectivity index is 1.28. The van der Waals surface area contributed by atoms with Crippen LogP contribution in [0.15, 0.2) is 35.7 Å². The number of piperazine rings is 1. The highest BCUT2D eigenvalue weighted by atomic mass is 32.1. The van der Waals surface area contributed by atoms with E-state index < -0.39 is 0 Å². The molecule has 0 saturated carbocycles. The Morgan fingerprint density at radius 3 is 2.36 bits per heavy atom. The fourth-order valence-electron chi connectivity index (χ4n) is 3.51. The van der Waals surface area contributed by atoms with Gasteiger partial charge in [0.05, 0.1) is 12.2 Å². The van der Waals surface area contributed by atoms with Crippen molar-refractivity contribution in [2.75, 3.05) is 32.7 Å². The predicted molar refractivity (Wildman–Crippen MR) is 105 cm³/mol. The van der Waals surface area contributed by atoms with Crippen LogP contribution in [0, 0.1) is 0 Å². The zero-order valence-electron chi connectivity index (χ0n) is 15.5. The minimum atomic E-state index is -0.241. The van der Waals surface area contributed by atoms with Crippen molar-refractivity contribution < 1.29 is 14.4 Å². The van der Waals surface area contributed by atoms with Crippen molar-refractivity contribution in [3.8, 4) is 11.3 Å². The molecule has 2 fully saturated rings. The number of imide groups is 1. The Labute approximate surface area is 167 Å². The van der Waals surface area contributed by atoms with E-state index in [1.54, 1.807) is 16.2 Å². The molecule has 1 aromatic heterocycles. The molecule has 8 heteroatoms. The summed E-state index contributed by atoms with van der Waals surface area (Å²) >= 11 is 1.65. The number of aromatic nitrogens is 1. The summed E-state index contributed by atoms with van der Waals surface area (Å²) in [6.07, 6.45) is 0.442. The summed E-state index contributed by atoms with van der Waals surface area (Å²) in [7, 11) is 0. The number of hydrogen-bond donors (Lipinski definition) is 0. The second-order valence-electron chi connectivity index (χ2n) is 7.02. The summed E-state index contributed by atoms with van der Waals surface area (Å²) in [5.41, 5.74) is 2.11. The van der Waals surface area contributed by atoms with Gasteiger partial charge < -0.3 is 4.90 Å². The first-order chi connectivity index (χ1) is 13.6. The first-order valence-corrected chi connectivity index (χ1v) is 10.3. The van der Waals surface area contributed by atoms with Crippen molar-refractivity contribution in [1.29, 1.82) is 0 Å². The van der Waals surface area contributed by atoms with E-state index in [4.69, 9.17) is 4.98 Å². The lowest BCUT2D eigenvalue weighted by atomic mass is 10.2. The Bertz CT molecular complexity index is 859. The summed E-state index contributed by atoms with van der Waals surface area (Å²) in [6.45, 7) is 3.37. The Kier molecular flexibility index (Phi) is 5.50. The quantitative estimate of drug-likeness (QED) is 0.716. The Morgan fingerprint density at radius 1 is 1.00 bits per heavy atom. The molecule has 0 aliphatic carbocycles. The maximum atomic E-state index is 12.4. The van der Waals surface area contributed by atoms with Gasteiger partial charge in [0, 0.05) is 50.0 Å². The van der Waals surface area contributed by atoms with Crippen molar-refractivity contribution in [2.45, 2.75) is 19.4 Å². The van der Waals surface area contributed by atoms with E-state index >= 15 is 0 Å². The van der Waals surface area contributed by atoms with Crippen LogP contribution in [0.25, 0.3) is 11.3 Å². The van der Waals surface area contributed by atoms with Gasteiger partial charge >= 0.3 is 0 Å². The van der Waals surface area contributed by atoms with E-state index in [0.717, 1.165) is 40.8 Å². The van der Waals surface area contributed by atoms with Gasteiger partial charge in [0.15, 0.2) is 0 Å². The maximum absolute atomic E-state index is 12.4. The zero-order valence-corrected chi connectivity index (χ0v) is 16.4. The number of hydrogen-bond acceptors (Lipinski definition) is 6. The minimum absolute atomic E-state index is 0.120. The third kappa shape index (κ3) is 4.13.